The number of amides is 1. The first-order valence-electron chi connectivity index (χ1n) is 8.74. The highest BCUT2D eigenvalue weighted by molar-refractivity contribution is 5.68. The molecule has 1 aliphatic heterocycles. The Morgan fingerprint density at radius 2 is 2.00 bits per heavy atom. The third kappa shape index (κ3) is 6.53. The highest BCUT2D eigenvalue weighted by Gasteiger charge is 2.30. The van der Waals surface area contributed by atoms with Crippen molar-refractivity contribution in [3.63, 3.8) is 0 Å². The van der Waals surface area contributed by atoms with E-state index in [4.69, 9.17) is 9.47 Å². The zero-order valence-corrected chi connectivity index (χ0v) is 14.4. The molecule has 0 spiro atoms. The lowest BCUT2D eigenvalue weighted by molar-refractivity contribution is 0.00975. The summed E-state index contributed by atoms with van der Waals surface area (Å²) in [6.07, 6.45) is 5.80. The van der Waals surface area contributed by atoms with Crippen molar-refractivity contribution in [3.8, 4) is 0 Å². The lowest BCUT2D eigenvalue weighted by Gasteiger charge is -2.36. The number of nitrogens with zero attached hydrogens (tertiary/aromatic N) is 1. The van der Waals surface area contributed by atoms with Gasteiger partial charge in [0.1, 0.15) is 5.60 Å². The molecule has 5 nitrogen and oxygen atoms in total. The lowest BCUT2D eigenvalue weighted by Crippen LogP contribution is -2.50. The van der Waals surface area contributed by atoms with E-state index in [0.29, 0.717) is 0 Å². The number of carbonyl (C=O) groups excluding carboxylic acids is 1. The van der Waals surface area contributed by atoms with Crippen molar-refractivity contribution in [1.29, 1.82) is 0 Å². The second-order valence-electron chi connectivity index (χ2n) is 7.55. The van der Waals surface area contributed by atoms with E-state index in [0.717, 1.165) is 51.6 Å². The van der Waals surface area contributed by atoms with Crippen molar-refractivity contribution < 1.29 is 14.3 Å². The van der Waals surface area contributed by atoms with Crippen LogP contribution in [0.25, 0.3) is 0 Å². The van der Waals surface area contributed by atoms with Gasteiger partial charge in [-0.25, -0.2) is 4.79 Å². The predicted octanol–water partition coefficient (Wildman–Crippen LogP) is 2.79. The largest absolute Gasteiger partial charge is 0.444 e. The van der Waals surface area contributed by atoms with Crippen molar-refractivity contribution >= 4 is 6.09 Å². The average molecular weight is 312 g/mol. The maximum atomic E-state index is 12.3. The molecule has 1 saturated heterocycles. The number of hydrogen-bond donors (Lipinski definition) is 1. The molecule has 1 atom stereocenters. The molecule has 128 valence electrons. The minimum atomic E-state index is -0.427. The van der Waals surface area contributed by atoms with Gasteiger partial charge in [0, 0.05) is 32.3 Å². The fourth-order valence-corrected chi connectivity index (χ4v) is 2.72. The molecule has 0 radical (unpaired) electrons. The second-order valence-corrected chi connectivity index (χ2v) is 7.55. The van der Waals surface area contributed by atoms with Crippen LogP contribution in [0.1, 0.15) is 52.9 Å². The van der Waals surface area contributed by atoms with Gasteiger partial charge in [0.15, 0.2) is 0 Å². The molecule has 22 heavy (non-hydrogen) atoms. The highest BCUT2D eigenvalue weighted by atomic mass is 16.6. The van der Waals surface area contributed by atoms with Gasteiger partial charge in [0.05, 0.1) is 6.61 Å². The predicted molar refractivity (Wildman–Crippen MR) is 87.0 cm³/mol. The number of ether oxygens (including phenoxy) is 2. The number of carbonyl (C=O) groups is 1. The van der Waals surface area contributed by atoms with Gasteiger partial charge in [-0.1, -0.05) is 0 Å². The Balaban J connectivity index is 1.66. The van der Waals surface area contributed by atoms with Crippen LogP contribution in [0, 0.1) is 5.92 Å². The first-order valence-corrected chi connectivity index (χ1v) is 8.74. The summed E-state index contributed by atoms with van der Waals surface area (Å²) >= 11 is 0. The van der Waals surface area contributed by atoms with Gasteiger partial charge < -0.3 is 19.7 Å². The van der Waals surface area contributed by atoms with Crippen LogP contribution in [0.4, 0.5) is 4.79 Å². The number of piperidine rings is 1. The summed E-state index contributed by atoms with van der Waals surface area (Å²) in [5, 5.41) is 3.42. The van der Waals surface area contributed by atoms with Crippen molar-refractivity contribution in [1.82, 2.24) is 10.2 Å². The van der Waals surface area contributed by atoms with Crippen molar-refractivity contribution in [2.45, 2.75) is 64.5 Å². The van der Waals surface area contributed by atoms with Gasteiger partial charge in [0.25, 0.3) is 0 Å². The maximum Gasteiger partial charge on any atom is 0.410 e. The third-order valence-electron chi connectivity index (χ3n) is 4.11. The number of hydrogen-bond acceptors (Lipinski definition) is 4. The summed E-state index contributed by atoms with van der Waals surface area (Å²) in [4.78, 5) is 14.2. The van der Waals surface area contributed by atoms with Crippen LogP contribution < -0.4 is 5.32 Å². The van der Waals surface area contributed by atoms with Gasteiger partial charge in [-0.3, -0.25) is 0 Å². The molecule has 2 fully saturated rings. The molecule has 2 rings (SSSR count). The van der Waals surface area contributed by atoms with Gasteiger partial charge in [-0.05, 0) is 58.8 Å². The van der Waals surface area contributed by atoms with E-state index in [2.05, 4.69) is 5.32 Å². The van der Waals surface area contributed by atoms with Crippen LogP contribution >= 0.6 is 0 Å². The van der Waals surface area contributed by atoms with E-state index in [-0.39, 0.29) is 12.1 Å². The number of nitrogens with one attached hydrogen (secondary N) is 1. The standard InChI is InChI=1S/C17H32N2O3/c1-17(2,3)22-16(20)19-10-5-4-6-15(19)12-18-9-11-21-13-14-7-8-14/h14-15,18H,4-13H2,1-3H3. The normalized spacial score (nSPS) is 22.7. The number of likely N-dealkylation sites (tertiary alicyclic amines) is 1. The summed E-state index contributed by atoms with van der Waals surface area (Å²) < 4.78 is 11.1. The topological polar surface area (TPSA) is 50.8 Å². The SMILES string of the molecule is CC(C)(C)OC(=O)N1CCCCC1CNCCOCC1CC1. The zero-order valence-electron chi connectivity index (χ0n) is 14.4. The van der Waals surface area contributed by atoms with Gasteiger partial charge >= 0.3 is 6.09 Å². The van der Waals surface area contributed by atoms with Crippen molar-refractivity contribution in [3.05, 3.63) is 0 Å². The smallest absolute Gasteiger partial charge is 0.410 e. The van der Waals surface area contributed by atoms with Crippen LogP contribution in [0.15, 0.2) is 0 Å². The van der Waals surface area contributed by atoms with Crippen LogP contribution in [0.3, 0.4) is 0 Å². The molecular weight excluding hydrogens is 280 g/mol. The second kappa shape index (κ2) is 8.16. The Bertz CT molecular complexity index is 350. The number of rotatable bonds is 7. The Kier molecular flexibility index (Phi) is 6.50. The quantitative estimate of drug-likeness (QED) is 0.735. The minimum Gasteiger partial charge on any atom is -0.444 e. The Labute approximate surface area is 134 Å². The van der Waals surface area contributed by atoms with E-state index in [1.54, 1.807) is 0 Å². The summed E-state index contributed by atoms with van der Waals surface area (Å²) in [5.41, 5.74) is -0.427. The summed E-state index contributed by atoms with van der Waals surface area (Å²) in [7, 11) is 0. The molecule has 0 bridgehead atoms. The molecule has 1 heterocycles. The average Bonchev–Trinajstić information content (AvgIpc) is 3.25. The molecule has 1 saturated carbocycles. The van der Waals surface area contributed by atoms with Gasteiger partial charge in [0.2, 0.25) is 0 Å². The van der Waals surface area contributed by atoms with Crippen LogP contribution in [-0.2, 0) is 9.47 Å². The van der Waals surface area contributed by atoms with E-state index < -0.39 is 5.60 Å². The molecule has 1 amide bonds. The monoisotopic (exact) mass is 312 g/mol. The Morgan fingerprint density at radius 3 is 2.68 bits per heavy atom. The Hall–Kier alpha value is -0.810. The molecular formula is C17H32N2O3. The van der Waals surface area contributed by atoms with Gasteiger partial charge in [-0.15, -0.1) is 0 Å². The molecule has 0 aromatic rings. The fraction of sp³-hybridized carbons (Fsp3) is 0.941. The lowest BCUT2D eigenvalue weighted by atomic mass is 10.0. The third-order valence-corrected chi connectivity index (χ3v) is 4.11. The van der Waals surface area contributed by atoms with Crippen LogP contribution in [0.2, 0.25) is 0 Å². The molecule has 2 aliphatic rings. The fourth-order valence-electron chi connectivity index (χ4n) is 2.72. The molecule has 1 unspecified atom stereocenters. The maximum absolute atomic E-state index is 12.3. The van der Waals surface area contributed by atoms with Crippen molar-refractivity contribution in [2.24, 2.45) is 5.92 Å². The van der Waals surface area contributed by atoms with E-state index in [1.807, 2.05) is 25.7 Å². The first kappa shape index (κ1) is 17.5. The van der Waals surface area contributed by atoms with Crippen LogP contribution in [0.5, 0.6) is 0 Å². The molecule has 1 N–H and O–H groups in total. The molecule has 1 aliphatic carbocycles. The minimum absolute atomic E-state index is 0.177. The molecule has 0 aromatic carbocycles. The molecule has 5 heteroatoms. The van der Waals surface area contributed by atoms with Crippen LogP contribution in [-0.4, -0.2) is 55.5 Å². The van der Waals surface area contributed by atoms with Gasteiger partial charge in [-0.2, -0.15) is 0 Å². The van der Waals surface area contributed by atoms with Crippen molar-refractivity contribution in [2.75, 3.05) is 32.8 Å². The van der Waals surface area contributed by atoms with E-state index >= 15 is 0 Å². The zero-order chi connectivity index (χ0) is 16.0. The van der Waals surface area contributed by atoms with E-state index in [9.17, 15) is 4.79 Å². The summed E-state index contributed by atoms with van der Waals surface area (Å²) in [6.45, 7) is 9.90. The molecule has 0 aromatic heterocycles. The highest BCUT2D eigenvalue weighted by Crippen LogP contribution is 2.28. The summed E-state index contributed by atoms with van der Waals surface area (Å²) in [5.74, 6) is 0.820. The first-order chi connectivity index (χ1) is 10.5. The van der Waals surface area contributed by atoms with E-state index in [1.165, 1.54) is 19.3 Å². The Morgan fingerprint density at radius 1 is 1.23 bits per heavy atom. The summed E-state index contributed by atoms with van der Waals surface area (Å²) in [6, 6.07) is 0.243.